The number of nitrogens with zero attached hydrogens (tertiary/aromatic N) is 3. The van der Waals surface area contributed by atoms with Crippen LogP contribution in [0.2, 0.25) is 0 Å². The van der Waals surface area contributed by atoms with Crippen molar-refractivity contribution in [1.29, 1.82) is 0 Å². The number of hydrogen-bond donors (Lipinski definition) is 1. The van der Waals surface area contributed by atoms with Gasteiger partial charge in [-0.05, 0) is 41.8 Å². The number of amides is 1. The fourth-order valence-electron chi connectivity index (χ4n) is 2.74. The molecule has 0 saturated heterocycles. The summed E-state index contributed by atoms with van der Waals surface area (Å²) in [5, 5.41) is 2.84. The van der Waals surface area contributed by atoms with Gasteiger partial charge in [-0.1, -0.05) is 6.07 Å². The minimum atomic E-state index is -3.45. The van der Waals surface area contributed by atoms with Crippen LogP contribution in [0.4, 0.5) is 5.69 Å². The Morgan fingerprint density at radius 3 is 2.56 bits per heavy atom. The highest BCUT2D eigenvalue weighted by molar-refractivity contribution is 7.86. The quantitative estimate of drug-likeness (QED) is 0.896. The van der Waals surface area contributed by atoms with Crippen LogP contribution in [-0.4, -0.2) is 48.6 Å². The van der Waals surface area contributed by atoms with Crippen LogP contribution >= 0.6 is 0 Å². The Morgan fingerprint density at radius 1 is 1.16 bits per heavy atom. The Labute approximate surface area is 147 Å². The topological polar surface area (TPSA) is 82.6 Å². The first-order valence-corrected chi connectivity index (χ1v) is 9.28. The van der Waals surface area contributed by atoms with Crippen molar-refractivity contribution in [2.24, 2.45) is 0 Å². The summed E-state index contributed by atoms with van der Waals surface area (Å²) in [6.45, 7) is 0.755. The maximum atomic E-state index is 12.3. The monoisotopic (exact) mass is 360 g/mol. The highest BCUT2D eigenvalue weighted by atomic mass is 32.2. The second-order valence-electron chi connectivity index (χ2n) is 6.05. The fraction of sp³-hybridized carbons (Fsp3) is 0.294. The van der Waals surface area contributed by atoms with Gasteiger partial charge in [0.25, 0.3) is 16.1 Å². The van der Waals surface area contributed by atoms with Gasteiger partial charge >= 0.3 is 0 Å². The minimum Gasteiger partial charge on any atom is -0.322 e. The first-order valence-electron chi connectivity index (χ1n) is 7.89. The van der Waals surface area contributed by atoms with E-state index < -0.39 is 10.2 Å². The molecule has 1 aliphatic heterocycles. The third-order valence-electron chi connectivity index (χ3n) is 4.17. The number of aromatic nitrogens is 1. The number of rotatable bonds is 4. The molecule has 3 rings (SSSR count). The molecule has 132 valence electrons. The van der Waals surface area contributed by atoms with Crippen LogP contribution in [0.1, 0.15) is 21.5 Å². The molecule has 25 heavy (non-hydrogen) atoms. The van der Waals surface area contributed by atoms with Crippen molar-refractivity contribution in [2.75, 3.05) is 26.0 Å². The molecule has 0 fully saturated rings. The molecule has 0 saturated carbocycles. The van der Waals surface area contributed by atoms with E-state index in [2.05, 4.69) is 10.3 Å². The van der Waals surface area contributed by atoms with Crippen LogP contribution in [0.25, 0.3) is 0 Å². The molecule has 1 aliphatic rings. The molecule has 0 bridgehead atoms. The van der Waals surface area contributed by atoms with Crippen molar-refractivity contribution in [1.82, 2.24) is 13.6 Å². The molecule has 0 atom stereocenters. The molecule has 0 radical (unpaired) electrons. The first kappa shape index (κ1) is 17.5. The molecular formula is C17H20N4O3S. The standard InChI is InChI=1S/C17H20N4O3S/c1-20(2)25(23,24)21-10-7-13-3-4-16(11-15(13)12-21)19-17(22)14-5-8-18-9-6-14/h3-6,8-9,11H,7,10,12H2,1-2H3,(H,19,22). The summed E-state index contributed by atoms with van der Waals surface area (Å²) in [5.41, 5.74) is 3.17. The summed E-state index contributed by atoms with van der Waals surface area (Å²) in [5.74, 6) is -0.226. The molecule has 2 heterocycles. The van der Waals surface area contributed by atoms with E-state index in [0.717, 1.165) is 11.1 Å². The lowest BCUT2D eigenvalue weighted by Gasteiger charge is -2.30. The van der Waals surface area contributed by atoms with E-state index in [1.54, 1.807) is 24.5 Å². The maximum Gasteiger partial charge on any atom is 0.281 e. The molecule has 0 unspecified atom stereocenters. The maximum absolute atomic E-state index is 12.3. The van der Waals surface area contributed by atoms with Gasteiger partial charge < -0.3 is 5.32 Å². The van der Waals surface area contributed by atoms with Gasteiger partial charge in [-0.2, -0.15) is 17.0 Å². The third-order valence-corrected chi connectivity index (χ3v) is 6.06. The number of carbonyl (C=O) groups is 1. The number of anilines is 1. The van der Waals surface area contributed by atoms with E-state index in [1.165, 1.54) is 22.7 Å². The summed E-state index contributed by atoms with van der Waals surface area (Å²) < 4.78 is 27.3. The SMILES string of the molecule is CN(C)S(=O)(=O)N1CCc2ccc(NC(=O)c3ccncc3)cc2C1. The summed E-state index contributed by atoms with van der Waals surface area (Å²) in [6.07, 6.45) is 3.78. The summed E-state index contributed by atoms with van der Waals surface area (Å²) in [6, 6.07) is 8.90. The molecular weight excluding hydrogens is 340 g/mol. The molecule has 8 heteroatoms. The zero-order valence-corrected chi connectivity index (χ0v) is 15.0. The Kier molecular flexibility index (Phi) is 4.85. The number of nitrogens with one attached hydrogen (secondary N) is 1. The van der Waals surface area contributed by atoms with E-state index in [0.29, 0.717) is 30.8 Å². The number of pyridine rings is 1. The lowest BCUT2D eigenvalue weighted by molar-refractivity contribution is 0.102. The van der Waals surface area contributed by atoms with Gasteiger partial charge in [-0.25, -0.2) is 0 Å². The summed E-state index contributed by atoms with van der Waals surface area (Å²) in [7, 11) is -0.401. The lowest BCUT2D eigenvalue weighted by atomic mass is 10.0. The lowest BCUT2D eigenvalue weighted by Crippen LogP contribution is -2.42. The predicted octanol–water partition coefficient (Wildman–Crippen LogP) is 1.50. The highest BCUT2D eigenvalue weighted by Crippen LogP contribution is 2.25. The molecule has 7 nitrogen and oxygen atoms in total. The smallest absolute Gasteiger partial charge is 0.281 e. The van der Waals surface area contributed by atoms with Crippen molar-refractivity contribution < 1.29 is 13.2 Å². The van der Waals surface area contributed by atoms with Crippen molar-refractivity contribution in [2.45, 2.75) is 13.0 Å². The van der Waals surface area contributed by atoms with Crippen LogP contribution < -0.4 is 5.32 Å². The van der Waals surface area contributed by atoms with Gasteiger partial charge in [0, 0.05) is 50.8 Å². The van der Waals surface area contributed by atoms with Crippen molar-refractivity contribution in [3.63, 3.8) is 0 Å². The Hall–Kier alpha value is -2.29. The fourth-order valence-corrected chi connectivity index (χ4v) is 3.83. The predicted molar refractivity (Wildman–Crippen MR) is 95.4 cm³/mol. The van der Waals surface area contributed by atoms with Crippen molar-refractivity contribution >= 4 is 21.8 Å². The zero-order chi connectivity index (χ0) is 18.0. The molecule has 1 N–H and O–H groups in total. The van der Waals surface area contributed by atoms with Crippen LogP contribution in [0.5, 0.6) is 0 Å². The molecule has 0 spiro atoms. The first-order chi connectivity index (χ1) is 11.9. The van der Waals surface area contributed by atoms with Crippen LogP contribution in [-0.2, 0) is 23.2 Å². The molecule has 1 aromatic carbocycles. The van der Waals surface area contributed by atoms with E-state index >= 15 is 0 Å². The van der Waals surface area contributed by atoms with Gasteiger partial charge in [0.1, 0.15) is 0 Å². The van der Waals surface area contributed by atoms with Gasteiger partial charge in [-0.15, -0.1) is 0 Å². The van der Waals surface area contributed by atoms with E-state index in [9.17, 15) is 13.2 Å². The van der Waals surface area contributed by atoms with Crippen molar-refractivity contribution in [3.05, 3.63) is 59.4 Å². The number of carbonyl (C=O) groups excluding carboxylic acids is 1. The van der Waals surface area contributed by atoms with E-state index in [4.69, 9.17) is 0 Å². The average Bonchev–Trinajstić information content (AvgIpc) is 2.61. The molecule has 1 amide bonds. The summed E-state index contributed by atoms with van der Waals surface area (Å²) >= 11 is 0. The number of fused-ring (bicyclic) bond motifs is 1. The van der Waals surface area contributed by atoms with E-state index in [1.807, 2.05) is 18.2 Å². The van der Waals surface area contributed by atoms with Crippen LogP contribution in [0, 0.1) is 0 Å². The second-order valence-corrected chi connectivity index (χ2v) is 8.19. The summed E-state index contributed by atoms with van der Waals surface area (Å²) in [4.78, 5) is 16.1. The van der Waals surface area contributed by atoms with Gasteiger partial charge in [0.05, 0.1) is 0 Å². The normalized spacial score (nSPS) is 15.0. The molecule has 0 aliphatic carbocycles. The Morgan fingerprint density at radius 2 is 1.88 bits per heavy atom. The Balaban J connectivity index is 1.79. The largest absolute Gasteiger partial charge is 0.322 e. The minimum absolute atomic E-state index is 0.226. The molecule has 2 aromatic rings. The highest BCUT2D eigenvalue weighted by Gasteiger charge is 2.28. The van der Waals surface area contributed by atoms with Gasteiger partial charge in [0.15, 0.2) is 0 Å². The van der Waals surface area contributed by atoms with Crippen molar-refractivity contribution in [3.8, 4) is 0 Å². The van der Waals surface area contributed by atoms with Gasteiger partial charge in [-0.3, -0.25) is 9.78 Å². The number of hydrogen-bond acceptors (Lipinski definition) is 4. The third kappa shape index (κ3) is 3.71. The Bertz CT molecular complexity index is 882. The zero-order valence-electron chi connectivity index (χ0n) is 14.1. The van der Waals surface area contributed by atoms with E-state index in [-0.39, 0.29) is 5.91 Å². The van der Waals surface area contributed by atoms with Crippen LogP contribution in [0.15, 0.2) is 42.7 Å². The van der Waals surface area contributed by atoms with Crippen LogP contribution in [0.3, 0.4) is 0 Å². The van der Waals surface area contributed by atoms with Gasteiger partial charge in [0.2, 0.25) is 0 Å². The average molecular weight is 360 g/mol. The molecule has 1 aromatic heterocycles. The number of benzene rings is 1. The second kappa shape index (κ2) is 6.91.